The molecular formula is C18H19F3N2O5S. The fourth-order valence-electron chi connectivity index (χ4n) is 3.00. The maximum absolute atomic E-state index is 12.5. The smallest absolute Gasteiger partial charge is 0.477 e. The number of carbonyl (C=O) groups is 2. The Morgan fingerprint density at radius 1 is 1.31 bits per heavy atom. The quantitative estimate of drug-likeness (QED) is 0.635. The fraction of sp³-hybridized carbons (Fsp3) is 0.389. The van der Waals surface area contributed by atoms with Crippen molar-refractivity contribution < 1.29 is 33.0 Å². The number of aryl methyl sites for hydroxylation is 1. The molecule has 0 radical (unpaired) electrons. The molecule has 0 fully saturated rings. The summed E-state index contributed by atoms with van der Waals surface area (Å²) in [7, 11) is 0. The molecule has 2 aromatic rings. The summed E-state index contributed by atoms with van der Waals surface area (Å²) in [5, 5.41) is 16.9. The molecule has 3 rings (SSSR count). The van der Waals surface area contributed by atoms with Crippen molar-refractivity contribution in [1.29, 1.82) is 0 Å². The van der Waals surface area contributed by atoms with Gasteiger partial charge in [-0.3, -0.25) is 4.79 Å². The third kappa shape index (κ3) is 5.10. The van der Waals surface area contributed by atoms with Crippen molar-refractivity contribution in [3.63, 3.8) is 0 Å². The van der Waals surface area contributed by atoms with E-state index in [0.29, 0.717) is 11.9 Å². The summed E-state index contributed by atoms with van der Waals surface area (Å²) in [6, 6.07) is 4.10. The highest BCUT2D eigenvalue weighted by Gasteiger charge is 2.38. The number of nitrogens with two attached hydrogens (primary N) is 1. The van der Waals surface area contributed by atoms with Crippen molar-refractivity contribution in [1.82, 2.24) is 4.57 Å². The number of pyridine rings is 1. The van der Waals surface area contributed by atoms with E-state index < -0.39 is 23.5 Å². The van der Waals surface area contributed by atoms with Gasteiger partial charge in [0.2, 0.25) is 5.43 Å². The van der Waals surface area contributed by atoms with E-state index in [4.69, 9.17) is 15.6 Å². The predicted octanol–water partition coefficient (Wildman–Crippen LogP) is 2.89. The molecule has 0 spiro atoms. The second-order valence-electron chi connectivity index (χ2n) is 6.39. The number of aromatic carboxylic acids is 1. The van der Waals surface area contributed by atoms with Crippen molar-refractivity contribution in [3.8, 4) is 0 Å². The van der Waals surface area contributed by atoms with E-state index in [1.165, 1.54) is 6.20 Å². The molecule has 0 unspecified atom stereocenters. The zero-order valence-corrected chi connectivity index (χ0v) is 16.1. The molecular weight excluding hydrogens is 413 g/mol. The van der Waals surface area contributed by atoms with Gasteiger partial charge in [-0.25, -0.2) is 9.59 Å². The number of hydrogen-bond donors (Lipinski definition) is 3. The Morgan fingerprint density at radius 2 is 1.93 bits per heavy atom. The predicted molar refractivity (Wildman–Crippen MR) is 102 cm³/mol. The highest BCUT2D eigenvalue weighted by Crippen LogP contribution is 2.33. The summed E-state index contributed by atoms with van der Waals surface area (Å²) < 4.78 is 33.7. The molecule has 4 N–H and O–H groups in total. The number of carboxylic acid groups (broad SMARTS) is 2. The van der Waals surface area contributed by atoms with Gasteiger partial charge in [0.1, 0.15) is 5.56 Å². The summed E-state index contributed by atoms with van der Waals surface area (Å²) >= 11 is 1.60. The highest BCUT2D eigenvalue weighted by atomic mass is 32.2. The van der Waals surface area contributed by atoms with E-state index in [2.05, 4.69) is 13.0 Å². The van der Waals surface area contributed by atoms with Crippen LogP contribution in [0.1, 0.15) is 35.3 Å². The molecule has 0 saturated carbocycles. The number of nitrogens with zero attached hydrogens (tertiary/aromatic N) is 1. The molecule has 158 valence electrons. The number of rotatable bonds is 4. The average Bonchev–Trinajstić information content (AvgIpc) is 2.63. The van der Waals surface area contributed by atoms with Crippen LogP contribution in [0.5, 0.6) is 0 Å². The lowest BCUT2D eigenvalue weighted by atomic mass is 9.96. The van der Waals surface area contributed by atoms with Crippen LogP contribution in [0.3, 0.4) is 0 Å². The van der Waals surface area contributed by atoms with Crippen LogP contribution >= 0.6 is 11.8 Å². The van der Waals surface area contributed by atoms with Gasteiger partial charge >= 0.3 is 18.1 Å². The molecule has 11 heteroatoms. The van der Waals surface area contributed by atoms with Gasteiger partial charge in [-0.2, -0.15) is 13.2 Å². The first-order chi connectivity index (χ1) is 13.5. The van der Waals surface area contributed by atoms with Crippen LogP contribution in [0.15, 0.2) is 28.0 Å². The molecule has 29 heavy (non-hydrogen) atoms. The van der Waals surface area contributed by atoms with Gasteiger partial charge in [-0.05, 0) is 37.5 Å². The summed E-state index contributed by atoms with van der Waals surface area (Å²) in [5.41, 5.74) is 6.98. The molecule has 0 bridgehead atoms. The van der Waals surface area contributed by atoms with Crippen molar-refractivity contribution in [3.05, 3.63) is 39.7 Å². The lowest BCUT2D eigenvalue weighted by Gasteiger charge is -2.27. The number of alkyl halides is 3. The van der Waals surface area contributed by atoms with Crippen LogP contribution in [-0.4, -0.2) is 45.2 Å². The topological polar surface area (TPSA) is 123 Å². The normalized spacial score (nSPS) is 15.6. The lowest BCUT2D eigenvalue weighted by Crippen LogP contribution is -2.23. The zero-order chi connectivity index (χ0) is 21.9. The lowest BCUT2D eigenvalue weighted by molar-refractivity contribution is -0.192. The Balaban J connectivity index is 0.000000370. The first-order valence-electron chi connectivity index (χ1n) is 8.55. The van der Waals surface area contributed by atoms with Crippen molar-refractivity contribution >= 4 is 34.6 Å². The second kappa shape index (κ2) is 8.87. The number of aliphatic carboxylic acids is 1. The standard InChI is InChI=1S/C16H18N2O3S.C2HF3O2/c1-9-2-3-10-6-11(22-5-4-17)7-12-14(10)18(9)8-13(15(12)19)16(20)21;3-2(4,5)1(6)7/h6-9H,2-5,17H2,1H3,(H,20,21);(H,6,7)/t9-;/m1./s1. The first kappa shape index (κ1) is 22.8. The van der Waals surface area contributed by atoms with Gasteiger partial charge in [-0.15, -0.1) is 11.8 Å². The van der Waals surface area contributed by atoms with Gasteiger partial charge in [0.15, 0.2) is 0 Å². The number of carboxylic acids is 2. The van der Waals surface area contributed by atoms with Crippen molar-refractivity contribution in [2.45, 2.75) is 36.9 Å². The molecule has 1 atom stereocenters. The minimum atomic E-state index is -5.08. The zero-order valence-electron chi connectivity index (χ0n) is 15.3. The Bertz CT molecular complexity index is 1000. The van der Waals surface area contributed by atoms with Crippen LogP contribution < -0.4 is 11.2 Å². The summed E-state index contributed by atoms with van der Waals surface area (Å²) in [4.78, 5) is 33.8. The van der Waals surface area contributed by atoms with Gasteiger partial charge < -0.3 is 20.5 Å². The third-order valence-corrected chi connectivity index (χ3v) is 5.35. The molecule has 1 aromatic heterocycles. The van der Waals surface area contributed by atoms with Gasteiger partial charge in [-0.1, -0.05) is 0 Å². The SMILES string of the molecule is C[C@@H]1CCc2cc(SCCN)cc3c(=O)c(C(=O)O)cn1c23.O=C(O)C(F)(F)F. The highest BCUT2D eigenvalue weighted by molar-refractivity contribution is 7.99. The van der Waals surface area contributed by atoms with E-state index in [9.17, 15) is 27.9 Å². The maximum atomic E-state index is 12.5. The summed E-state index contributed by atoms with van der Waals surface area (Å²) in [6.45, 7) is 2.62. The number of hydrogen-bond acceptors (Lipinski definition) is 5. The van der Waals surface area contributed by atoms with E-state index >= 15 is 0 Å². The number of thioether (sulfide) groups is 1. The van der Waals surface area contributed by atoms with E-state index in [1.54, 1.807) is 11.8 Å². The second-order valence-corrected chi connectivity index (χ2v) is 7.56. The van der Waals surface area contributed by atoms with Gasteiger partial charge in [0, 0.05) is 34.8 Å². The number of benzene rings is 1. The molecule has 1 aliphatic rings. The molecule has 0 saturated heterocycles. The summed E-state index contributed by atoms with van der Waals surface area (Å²) in [5.74, 6) is -3.16. The number of halogens is 3. The van der Waals surface area contributed by atoms with Gasteiger partial charge in [0.25, 0.3) is 0 Å². The van der Waals surface area contributed by atoms with Crippen LogP contribution in [-0.2, 0) is 11.2 Å². The van der Waals surface area contributed by atoms with Crippen LogP contribution in [0, 0.1) is 0 Å². The minimum absolute atomic E-state index is 0.159. The van der Waals surface area contributed by atoms with Crippen LogP contribution in [0.4, 0.5) is 13.2 Å². The van der Waals surface area contributed by atoms with E-state index in [-0.39, 0.29) is 11.6 Å². The maximum Gasteiger partial charge on any atom is 0.490 e. The first-order valence-corrected chi connectivity index (χ1v) is 9.54. The fourth-order valence-corrected chi connectivity index (χ4v) is 3.79. The van der Waals surface area contributed by atoms with E-state index in [1.807, 2.05) is 10.6 Å². The molecule has 0 aliphatic carbocycles. The van der Waals surface area contributed by atoms with Crippen LogP contribution in [0.2, 0.25) is 0 Å². The molecule has 2 heterocycles. The Morgan fingerprint density at radius 3 is 2.45 bits per heavy atom. The Labute approximate surface area is 167 Å². The monoisotopic (exact) mass is 432 g/mol. The minimum Gasteiger partial charge on any atom is -0.477 e. The van der Waals surface area contributed by atoms with E-state index in [0.717, 1.165) is 34.6 Å². The molecule has 7 nitrogen and oxygen atoms in total. The van der Waals surface area contributed by atoms with Gasteiger partial charge in [0.05, 0.1) is 5.52 Å². The third-order valence-electron chi connectivity index (χ3n) is 4.34. The molecule has 1 aliphatic heterocycles. The molecule has 0 amide bonds. The summed E-state index contributed by atoms with van der Waals surface area (Å²) in [6.07, 6.45) is -1.75. The van der Waals surface area contributed by atoms with Crippen molar-refractivity contribution in [2.24, 2.45) is 5.73 Å². The van der Waals surface area contributed by atoms with Crippen molar-refractivity contribution in [2.75, 3.05) is 12.3 Å². The Kier molecular flexibility index (Phi) is 6.96. The molecule has 1 aromatic carbocycles. The largest absolute Gasteiger partial charge is 0.490 e. The number of aromatic nitrogens is 1. The van der Waals surface area contributed by atoms with Crippen LogP contribution in [0.25, 0.3) is 10.9 Å². The Hall–Kier alpha value is -2.53. The average molecular weight is 432 g/mol.